The molecule has 0 bridgehead atoms. The number of aromatic nitrogens is 2. The third kappa shape index (κ3) is 5.96. The molecule has 2 aliphatic heterocycles. The van der Waals surface area contributed by atoms with Crippen LogP contribution in [0.5, 0.6) is 0 Å². The Morgan fingerprint density at radius 1 is 1.06 bits per heavy atom. The number of likely N-dealkylation sites (tertiary alicyclic amines) is 1. The molecule has 192 valence electrons. The van der Waals surface area contributed by atoms with Gasteiger partial charge >= 0.3 is 0 Å². The number of fused-ring (bicyclic) bond motifs is 1. The molecule has 2 aromatic heterocycles. The van der Waals surface area contributed by atoms with Crippen molar-refractivity contribution in [2.45, 2.75) is 57.4 Å². The lowest BCUT2D eigenvalue weighted by Crippen LogP contribution is -2.29. The average Bonchev–Trinajstić information content (AvgIpc) is 3.51. The van der Waals surface area contributed by atoms with Crippen molar-refractivity contribution in [2.24, 2.45) is 11.7 Å². The standard InChI is InChI=1S/C27H33Cl2N5OS/c28-20-9-8-18(16-21(20)29)23-7-5-15-33(23)14-4-6-19(26(30)35)17-25-31-22-10-11-24(32-27(22)36-25)34-12-2-1-3-13-34/h8-11,16,19,23H,1-7,12-15,17H2,(H2,30,35). The molecule has 6 nitrogen and oxygen atoms in total. The van der Waals surface area contributed by atoms with E-state index in [0.717, 1.165) is 73.0 Å². The molecule has 4 heterocycles. The Bertz CT molecular complexity index is 1210. The van der Waals surface area contributed by atoms with Crippen LogP contribution in [0.25, 0.3) is 10.3 Å². The van der Waals surface area contributed by atoms with E-state index in [1.165, 1.54) is 24.8 Å². The second kappa shape index (κ2) is 11.6. The van der Waals surface area contributed by atoms with Gasteiger partial charge < -0.3 is 10.6 Å². The number of halogens is 2. The Hall–Kier alpha value is -1.93. The van der Waals surface area contributed by atoms with E-state index >= 15 is 0 Å². The van der Waals surface area contributed by atoms with E-state index in [9.17, 15) is 4.79 Å². The van der Waals surface area contributed by atoms with Crippen molar-refractivity contribution < 1.29 is 4.79 Å². The van der Waals surface area contributed by atoms with Gasteiger partial charge in [0.1, 0.15) is 16.2 Å². The Kier molecular flexibility index (Phi) is 8.31. The Balaban J connectivity index is 1.19. The predicted molar refractivity (Wildman–Crippen MR) is 149 cm³/mol. The first-order chi connectivity index (χ1) is 17.5. The summed E-state index contributed by atoms with van der Waals surface area (Å²) < 4.78 is 0. The lowest BCUT2D eigenvalue weighted by molar-refractivity contribution is -0.122. The monoisotopic (exact) mass is 545 g/mol. The number of hydrogen-bond donors (Lipinski definition) is 1. The van der Waals surface area contributed by atoms with Crippen LogP contribution in [-0.2, 0) is 11.2 Å². The van der Waals surface area contributed by atoms with Crippen molar-refractivity contribution in [3.63, 3.8) is 0 Å². The maximum absolute atomic E-state index is 12.3. The van der Waals surface area contributed by atoms with Gasteiger partial charge in [0.15, 0.2) is 0 Å². The summed E-state index contributed by atoms with van der Waals surface area (Å²) in [4.78, 5) is 27.7. The van der Waals surface area contributed by atoms with Crippen LogP contribution < -0.4 is 10.6 Å². The number of carbonyl (C=O) groups excluding carboxylic acids is 1. The van der Waals surface area contributed by atoms with Crippen molar-refractivity contribution in [3.05, 3.63) is 50.9 Å². The number of hydrogen-bond acceptors (Lipinski definition) is 6. The topological polar surface area (TPSA) is 75.4 Å². The molecule has 0 saturated carbocycles. The summed E-state index contributed by atoms with van der Waals surface area (Å²) >= 11 is 14.0. The Morgan fingerprint density at radius 3 is 2.67 bits per heavy atom. The number of pyridine rings is 1. The summed E-state index contributed by atoms with van der Waals surface area (Å²) in [5.74, 6) is 0.558. The largest absolute Gasteiger partial charge is 0.369 e. The molecule has 2 aliphatic rings. The molecule has 36 heavy (non-hydrogen) atoms. The predicted octanol–water partition coefficient (Wildman–Crippen LogP) is 6.25. The second-order valence-electron chi connectivity index (χ2n) is 9.96. The summed E-state index contributed by atoms with van der Waals surface area (Å²) in [7, 11) is 0. The van der Waals surface area contributed by atoms with Crippen LogP contribution in [0.4, 0.5) is 5.82 Å². The number of piperidine rings is 1. The van der Waals surface area contributed by atoms with E-state index in [-0.39, 0.29) is 11.8 Å². The average molecular weight is 547 g/mol. The van der Waals surface area contributed by atoms with Gasteiger partial charge in [0.05, 0.1) is 15.1 Å². The number of rotatable bonds is 9. The fourth-order valence-corrected chi connectivity index (χ4v) is 6.84. The smallest absolute Gasteiger partial charge is 0.220 e. The van der Waals surface area contributed by atoms with Crippen LogP contribution in [0.3, 0.4) is 0 Å². The number of anilines is 1. The number of nitrogens with two attached hydrogens (primary N) is 1. The molecule has 2 saturated heterocycles. The molecule has 0 aliphatic carbocycles. The fourth-order valence-electron chi connectivity index (χ4n) is 5.53. The third-order valence-corrected chi connectivity index (χ3v) is 9.20. The van der Waals surface area contributed by atoms with E-state index < -0.39 is 0 Å². The van der Waals surface area contributed by atoms with E-state index in [1.54, 1.807) is 11.3 Å². The molecule has 0 radical (unpaired) electrons. The lowest BCUT2D eigenvalue weighted by Gasteiger charge is -2.27. The zero-order valence-electron chi connectivity index (χ0n) is 20.5. The fraction of sp³-hybridized carbons (Fsp3) is 0.519. The van der Waals surface area contributed by atoms with Crippen molar-refractivity contribution in [1.29, 1.82) is 0 Å². The molecule has 0 spiro atoms. The third-order valence-electron chi connectivity index (χ3n) is 7.48. The SMILES string of the molecule is NC(=O)C(CCCN1CCCC1c1ccc(Cl)c(Cl)c1)Cc1nc2ccc(N3CCCCC3)nc2s1. The summed E-state index contributed by atoms with van der Waals surface area (Å²) in [6.45, 7) is 4.11. The zero-order valence-corrected chi connectivity index (χ0v) is 22.8. The summed E-state index contributed by atoms with van der Waals surface area (Å²) in [6.07, 6.45) is 8.24. The van der Waals surface area contributed by atoms with Gasteiger partial charge in [0.2, 0.25) is 5.91 Å². The van der Waals surface area contributed by atoms with Crippen LogP contribution >= 0.6 is 34.5 Å². The number of carbonyl (C=O) groups is 1. The Labute approximate surface area is 226 Å². The first-order valence-corrected chi connectivity index (χ1v) is 14.5. The van der Waals surface area contributed by atoms with Crippen LogP contribution in [0.15, 0.2) is 30.3 Å². The van der Waals surface area contributed by atoms with Gasteiger partial charge in [-0.2, -0.15) is 0 Å². The molecule has 2 N–H and O–H groups in total. The summed E-state index contributed by atoms with van der Waals surface area (Å²) in [5.41, 5.74) is 7.93. The van der Waals surface area contributed by atoms with Crippen molar-refractivity contribution in [3.8, 4) is 0 Å². The first kappa shape index (κ1) is 25.7. The number of amides is 1. The highest BCUT2D eigenvalue weighted by Gasteiger charge is 2.27. The number of benzene rings is 1. The molecular weight excluding hydrogens is 513 g/mol. The Morgan fingerprint density at radius 2 is 1.89 bits per heavy atom. The molecule has 2 fully saturated rings. The van der Waals surface area contributed by atoms with E-state index in [4.69, 9.17) is 38.9 Å². The zero-order chi connectivity index (χ0) is 25.1. The maximum atomic E-state index is 12.3. The molecule has 2 unspecified atom stereocenters. The maximum Gasteiger partial charge on any atom is 0.220 e. The highest BCUT2D eigenvalue weighted by Crippen LogP contribution is 2.35. The van der Waals surface area contributed by atoms with Crippen molar-refractivity contribution in [2.75, 3.05) is 31.1 Å². The minimum atomic E-state index is -0.251. The number of thiazole rings is 1. The highest BCUT2D eigenvalue weighted by molar-refractivity contribution is 7.18. The normalized spacial score (nSPS) is 19.7. The van der Waals surface area contributed by atoms with E-state index in [1.807, 2.05) is 12.1 Å². The highest BCUT2D eigenvalue weighted by atomic mass is 35.5. The summed E-state index contributed by atoms with van der Waals surface area (Å²) in [6, 6.07) is 10.4. The van der Waals surface area contributed by atoms with Gasteiger partial charge in [0, 0.05) is 31.5 Å². The van der Waals surface area contributed by atoms with Gasteiger partial charge in [-0.25, -0.2) is 9.97 Å². The van der Waals surface area contributed by atoms with Crippen LogP contribution in [0.2, 0.25) is 10.0 Å². The van der Waals surface area contributed by atoms with Crippen molar-refractivity contribution in [1.82, 2.24) is 14.9 Å². The quantitative estimate of drug-likeness (QED) is 0.344. The molecule has 1 amide bonds. The van der Waals surface area contributed by atoms with Crippen LogP contribution in [0, 0.1) is 5.92 Å². The molecule has 9 heteroatoms. The first-order valence-electron chi connectivity index (χ1n) is 13.0. The van der Waals surface area contributed by atoms with Crippen LogP contribution in [-0.4, -0.2) is 47.0 Å². The number of nitrogens with zero attached hydrogens (tertiary/aromatic N) is 4. The van der Waals surface area contributed by atoms with Gasteiger partial charge in [0.25, 0.3) is 0 Å². The van der Waals surface area contributed by atoms with Gasteiger partial charge in [-0.3, -0.25) is 9.69 Å². The lowest BCUT2D eigenvalue weighted by atomic mass is 9.98. The minimum absolute atomic E-state index is 0.224. The van der Waals surface area contributed by atoms with Crippen LogP contribution in [0.1, 0.15) is 61.6 Å². The second-order valence-corrected chi connectivity index (χ2v) is 11.8. The van der Waals surface area contributed by atoms with E-state index in [0.29, 0.717) is 22.5 Å². The molecule has 2 atom stereocenters. The molecule has 1 aromatic carbocycles. The van der Waals surface area contributed by atoms with Gasteiger partial charge in [-0.15, -0.1) is 0 Å². The van der Waals surface area contributed by atoms with Gasteiger partial charge in [-0.1, -0.05) is 40.6 Å². The minimum Gasteiger partial charge on any atom is -0.369 e. The summed E-state index contributed by atoms with van der Waals surface area (Å²) in [5, 5.41) is 2.12. The number of primary amides is 1. The molecule has 5 rings (SSSR count). The van der Waals surface area contributed by atoms with Crippen molar-refractivity contribution >= 4 is 56.6 Å². The van der Waals surface area contributed by atoms with E-state index in [2.05, 4.69) is 28.0 Å². The molecule has 3 aromatic rings. The molecular formula is C27H33Cl2N5OS. The van der Waals surface area contributed by atoms with Gasteiger partial charge in [-0.05, 0) is 87.9 Å².